The van der Waals surface area contributed by atoms with Crippen molar-refractivity contribution in [1.29, 1.82) is 0 Å². The molecule has 0 radical (unpaired) electrons. The summed E-state index contributed by atoms with van der Waals surface area (Å²) in [6, 6.07) is 2.09. The molecule has 1 atom stereocenters. The van der Waals surface area contributed by atoms with Crippen molar-refractivity contribution >= 4 is 14.5 Å². The topological polar surface area (TPSA) is 12.9 Å². The van der Waals surface area contributed by atoms with Gasteiger partial charge in [-0.15, -0.1) is 9.24 Å². The van der Waals surface area contributed by atoms with Gasteiger partial charge < -0.3 is 0 Å². The number of pyridine rings is 1. The Morgan fingerprint density at radius 2 is 2.08 bits per heavy atom. The maximum Gasteiger partial charge on any atom is 0.0342 e. The molecule has 66 valence electrons. The predicted octanol–water partition coefficient (Wildman–Crippen LogP) is 2.17. The lowest BCUT2D eigenvalue weighted by atomic mass is 9.88. The van der Waals surface area contributed by atoms with E-state index < -0.39 is 0 Å². The number of rotatable bonds is 1. The maximum atomic E-state index is 4.05. The van der Waals surface area contributed by atoms with Gasteiger partial charge in [-0.05, 0) is 28.8 Å². The van der Waals surface area contributed by atoms with Crippen LogP contribution in [-0.2, 0) is 6.42 Å². The molecular weight excluding hydrogens is 165 g/mol. The van der Waals surface area contributed by atoms with Gasteiger partial charge in [0.1, 0.15) is 0 Å². The first-order chi connectivity index (χ1) is 5.49. The standard InChI is InChI=1S/C10H16NP/c1-10(2,3)6-8-4-5-11-7-9(8)12/h4-5,7H,6,12H2,1-3H3. The Morgan fingerprint density at radius 3 is 2.58 bits per heavy atom. The molecule has 0 N–H and O–H groups in total. The summed E-state index contributed by atoms with van der Waals surface area (Å²) in [6.07, 6.45) is 4.86. The van der Waals surface area contributed by atoms with Crippen LogP contribution in [0.2, 0.25) is 0 Å². The molecule has 0 aliphatic carbocycles. The summed E-state index contributed by atoms with van der Waals surface area (Å²) in [5.74, 6) is 0. The van der Waals surface area contributed by atoms with Gasteiger partial charge in [0.15, 0.2) is 0 Å². The first kappa shape index (κ1) is 9.67. The maximum absolute atomic E-state index is 4.05. The zero-order valence-electron chi connectivity index (χ0n) is 7.96. The molecule has 0 fully saturated rings. The summed E-state index contributed by atoms with van der Waals surface area (Å²) in [4.78, 5) is 4.05. The molecule has 1 nitrogen and oxygen atoms in total. The third kappa shape index (κ3) is 2.91. The lowest BCUT2D eigenvalue weighted by Gasteiger charge is -2.18. The second kappa shape index (κ2) is 3.53. The predicted molar refractivity (Wildman–Crippen MR) is 56.7 cm³/mol. The molecule has 0 bridgehead atoms. The zero-order valence-corrected chi connectivity index (χ0v) is 9.12. The third-order valence-corrected chi connectivity index (χ3v) is 2.19. The van der Waals surface area contributed by atoms with Crippen molar-refractivity contribution in [1.82, 2.24) is 4.98 Å². The van der Waals surface area contributed by atoms with E-state index in [9.17, 15) is 0 Å². The third-order valence-electron chi connectivity index (χ3n) is 1.67. The van der Waals surface area contributed by atoms with Gasteiger partial charge in [0, 0.05) is 12.4 Å². The van der Waals surface area contributed by atoms with Crippen LogP contribution in [0.1, 0.15) is 26.3 Å². The Kier molecular flexibility index (Phi) is 2.85. The van der Waals surface area contributed by atoms with Crippen molar-refractivity contribution < 1.29 is 0 Å². The van der Waals surface area contributed by atoms with Crippen LogP contribution >= 0.6 is 9.24 Å². The Hall–Kier alpha value is -0.420. The highest BCUT2D eigenvalue weighted by molar-refractivity contribution is 7.27. The number of nitrogens with zero attached hydrogens (tertiary/aromatic N) is 1. The molecule has 12 heavy (non-hydrogen) atoms. The van der Waals surface area contributed by atoms with E-state index in [1.54, 1.807) is 0 Å². The molecule has 0 aliphatic rings. The number of hydrogen-bond acceptors (Lipinski definition) is 1. The highest BCUT2D eigenvalue weighted by Gasteiger charge is 2.12. The molecule has 0 saturated heterocycles. The highest BCUT2D eigenvalue weighted by Crippen LogP contribution is 2.19. The summed E-state index contributed by atoms with van der Waals surface area (Å²) < 4.78 is 0. The van der Waals surface area contributed by atoms with E-state index in [1.165, 1.54) is 10.9 Å². The Labute approximate surface area is 76.8 Å². The van der Waals surface area contributed by atoms with Crippen LogP contribution in [0.25, 0.3) is 0 Å². The highest BCUT2D eigenvalue weighted by atomic mass is 31.0. The monoisotopic (exact) mass is 181 g/mol. The summed E-state index contributed by atoms with van der Waals surface area (Å²) in [6.45, 7) is 6.74. The average molecular weight is 181 g/mol. The molecule has 1 rings (SSSR count). The van der Waals surface area contributed by atoms with Crippen molar-refractivity contribution in [3.8, 4) is 0 Å². The Morgan fingerprint density at radius 1 is 1.42 bits per heavy atom. The minimum atomic E-state index is 0.354. The van der Waals surface area contributed by atoms with Crippen molar-refractivity contribution in [2.45, 2.75) is 27.2 Å². The van der Waals surface area contributed by atoms with E-state index in [2.05, 4.69) is 41.1 Å². The van der Waals surface area contributed by atoms with Gasteiger partial charge in [0.05, 0.1) is 0 Å². The lowest BCUT2D eigenvalue weighted by Crippen LogP contribution is -2.14. The largest absolute Gasteiger partial charge is 0.264 e. The second-order valence-electron chi connectivity index (χ2n) is 4.31. The molecule has 0 spiro atoms. The van der Waals surface area contributed by atoms with Crippen LogP contribution in [-0.4, -0.2) is 4.98 Å². The molecular formula is C10H16NP. The fourth-order valence-electron chi connectivity index (χ4n) is 1.17. The normalized spacial score (nSPS) is 11.7. The number of hydrogen-bond donors (Lipinski definition) is 0. The smallest absolute Gasteiger partial charge is 0.0342 e. The van der Waals surface area contributed by atoms with Gasteiger partial charge in [0.2, 0.25) is 0 Å². The Balaban J connectivity index is 2.83. The van der Waals surface area contributed by atoms with Crippen molar-refractivity contribution in [3.05, 3.63) is 24.0 Å². The minimum Gasteiger partial charge on any atom is -0.264 e. The molecule has 1 aromatic rings. The van der Waals surface area contributed by atoms with Crippen LogP contribution in [0.4, 0.5) is 0 Å². The first-order valence-corrected chi connectivity index (χ1v) is 4.75. The minimum absolute atomic E-state index is 0.354. The van der Waals surface area contributed by atoms with Crippen LogP contribution in [0.5, 0.6) is 0 Å². The van der Waals surface area contributed by atoms with Crippen LogP contribution < -0.4 is 5.30 Å². The summed E-state index contributed by atoms with van der Waals surface area (Å²) >= 11 is 0. The van der Waals surface area contributed by atoms with E-state index in [4.69, 9.17) is 0 Å². The molecule has 1 aromatic heterocycles. The summed E-state index contributed by atoms with van der Waals surface area (Å²) in [5, 5.41) is 1.22. The second-order valence-corrected chi connectivity index (χ2v) is 4.93. The fraction of sp³-hybridized carbons (Fsp3) is 0.500. The van der Waals surface area contributed by atoms with Crippen LogP contribution in [0, 0.1) is 5.41 Å². The van der Waals surface area contributed by atoms with Crippen molar-refractivity contribution in [2.24, 2.45) is 5.41 Å². The quantitative estimate of drug-likeness (QED) is 0.605. The SMILES string of the molecule is CC(C)(C)Cc1ccncc1P. The molecule has 2 heteroatoms. The molecule has 0 saturated carbocycles. The van der Waals surface area contributed by atoms with E-state index in [0.717, 1.165) is 6.42 Å². The van der Waals surface area contributed by atoms with Gasteiger partial charge in [-0.25, -0.2) is 0 Å². The molecule has 1 heterocycles. The molecule has 0 aliphatic heterocycles. The van der Waals surface area contributed by atoms with Gasteiger partial charge >= 0.3 is 0 Å². The molecule has 0 aromatic carbocycles. The van der Waals surface area contributed by atoms with E-state index in [-0.39, 0.29) is 0 Å². The summed E-state index contributed by atoms with van der Waals surface area (Å²) in [5.41, 5.74) is 1.73. The first-order valence-electron chi connectivity index (χ1n) is 4.17. The fourth-order valence-corrected chi connectivity index (χ4v) is 1.45. The summed E-state index contributed by atoms with van der Waals surface area (Å²) in [7, 11) is 2.73. The van der Waals surface area contributed by atoms with Crippen LogP contribution in [0.3, 0.4) is 0 Å². The van der Waals surface area contributed by atoms with E-state index in [1.807, 2.05) is 12.4 Å². The van der Waals surface area contributed by atoms with Crippen molar-refractivity contribution in [2.75, 3.05) is 0 Å². The van der Waals surface area contributed by atoms with Gasteiger partial charge in [0.25, 0.3) is 0 Å². The van der Waals surface area contributed by atoms with Crippen LogP contribution in [0.15, 0.2) is 18.5 Å². The zero-order chi connectivity index (χ0) is 9.19. The molecule has 1 unspecified atom stereocenters. The average Bonchev–Trinajstić information content (AvgIpc) is 1.91. The van der Waals surface area contributed by atoms with Gasteiger partial charge in [-0.3, -0.25) is 4.98 Å². The van der Waals surface area contributed by atoms with Gasteiger partial charge in [-0.2, -0.15) is 0 Å². The van der Waals surface area contributed by atoms with E-state index >= 15 is 0 Å². The molecule has 0 amide bonds. The van der Waals surface area contributed by atoms with E-state index in [0.29, 0.717) is 5.41 Å². The number of aromatic nitrogens is 1. The van der Waals surface area contributed by atoms with Crippen molar-refractivity contribution in [3.63, 3.8) is 0 Å². The van der Waals surface area contributed by atoms with Gasteiger partial charge in [-0.1, -0.05) is 20.8 Å². The Bertz CT molecular complexity index is 263. The lowest BCUT2D eigenvalue weighted by molar-refractivity contribution is 0.412.